The Balaban J connectivity index is 1.33. The molecule has 0 atom stereocenters. The molecule has 3 amide bonds. The molecule has 0 bridgehead atoms. The van der Waals surface area contributed by atoms with Crippen molar-refractivity contribution in [3.05, 3.63) is 68.2 Å². The summed E-state index contributed by atoms with van der Waals surface area (Å²) in [6.45, 7) is 2.99. The number of likely N-dealkylation sites (tertiary alicyclic amines) is 1. The molecule has 1 aliphatic rings. The largest absolute Gasteiger partial charge is 0.365 e. The second-order valence-corrected chi connectivity index (χ2v) is 9.74. The Labute approximate surface area is 198 Å². The van der Waals surface area contributed by atoms with Crippen LogP contribution in [0.2, 0.25) is 0 Å². The molecule has 0 radical (unpaired) electrons. The zero-order valence-corrected chi connectivity index (χ0v) is 19.6. The number of carbonyl (C=O) groups excluding carboxylic acids is 3. The van der Waals surface area contributed by atoms with Crippen LogP contribution < -0.4 is 11.1 Å². The van der Waals surface area contributed by atoms with Gasteiger partial charge in [-0.25, -0.2) is 9.37 Å². The lowest BCUT2D eigenvalue weighted by molar-refractivity contribution is -0.131. The molecule has 4 rings (SSSR count). The number of benzene rings is 1. The molecule has 0 spiro atoms. The van der Waals surface area contributed by atoms with E-state index in [4.69, 9.17) is 5.73 Å². The van der Waals surface area contributed by atoms with Crippen LogP contribution in [0.15, 0.2) is 35.0 Å². The van der Waals surface area contributed by atoms with Gasteiger partial charge in [-0.15, -0.1) is 22.7 Å². The Kier molecular flexibility index (Phi) is 6.85. The van der Waals surface area contributed by atoms with E-state index in [1.165, 1.54) is 34.8 Å². The summed E-state index contributed by atoms with van der Waals surface area (Å²) in [5.41, 5.74) is 7.55. The van der Waals surface area contributed by atoms with Gasteiger partial charge in [-0.1, -0.05) is 12.1 Å². The van der Waals surface area contributed by atoms with Crippen LogP contribution in [0.5, 0.6) is 0 Å². The Morgan fingerprint density at radius 3 is 2.52 bits per heavy atom. The molecule has 33 heavy (non-hydrogen) atoms. The predicted molar refractivity (Wildman–Crippen MR) is 126 cm³/mol. The van der Waals surface area contributed by atoms with Crippen LogP contribution >= 0.6 is 22.7 Å². The standard InChI is InChI=1S/C23H23FN4O3S2/c1-13-11-32-23(19(13)20(25)30)27-21(31)17-12-33-22(26-17)15-6-8-28(9-7-15)18(29)10-14-2-4-16(24)5-3-14/h2-5,11-12,15H,6-10H2,1H3,(H2,25,30)(H,27,31). The molecular weight excluding hydrogens is 463 g/mol. The van der Waals surface area contributed by atoms with Gasteiger partial charge in [0.1, 0.15) is 16.5 Å². The van der Waals surface area contributed by atoms with E-state index in [2.05, 4.69) is 10.3 Å². The minimum absolute atomic E-state index is 0.0239. The van der Waals surface area contributed by atoms with Crippen molar-refractivity contribution in [2.75, 3.05) is 18.4 Å². The van der Waals surface area contributed by atoms with Gasteiger partial charge >= 0.3 is 0 Å². The minimum Gasteiger partial charge on any atom is -0.365 e. The second-order valence-electron chi connectivity index (χ2n) is 7.97. The molecular formula is C23H23FN4O3S2. The number of piperidine rings is 1. The van der Waals surface area contributed by atoms with Crippen molar-refractivity contribution < 1.29 is 18.8 Å². The molecule has 3 heterocycles. The normalized spacial score (nSPS) is 14.3. The maximum absolute atomic E-state index is 13.1. The molecule has 3 aromatic rings. The topological polar surface area (TPSA) is 105 Å². The number of thiophene rings is 1. The fourth-order valence-corrected chi connectivity index (χ4v) is 5.77. The lowest BCUT2D eigenvalue weighted by Crippen LogP contribution is -2.38. The number of amides is 3. The molecule has 3 N–H and O–H groups in total. The van der Waals surface area contributed by atoms with Gasteiger partial charge in [0.2, 0.25) is 5.91 Å². The van der Waals surface area contributed by atoms with Crippen LogP contribution in [0.1, 0.15) is 55.7 Å². The number of hydrogen-bond donors (Lipinski definition) is 2. The highest BCUT2D eigenvalue weighted by Gasteiger charge is 2.27. The summed E-state index contributed by atoms with van der Waals surface area (Å²) < 4.78 is 13.1. The van der Waals surface area contributed by atoms with Crippen molar-refractivity contribution in [1.82, 2.24) is 9.88 Å². The van der Waals surface area contributed by atoms with Crippen LogP contribution in [0, 0.1) is 12.7 Å². The molecule has 7 nitrogen and oxygen atoms in total. The number of carbonyl (C=O) groups is 3. The highest BCUT2D eigenvalue weighted by Crippen LogP contribution is 2.32. The monoisotopic (exact) mass is 486 g/mol. The zero-order valence-electron chi connectivity index (χ0n) is 18.0. The van der Waals surface area contributed by atoms with E-state index in [-0.39, 0.29) is 30.0 Å². The number of rotatable bonds is 6. The first-order valence-electron chi connectivity index (χ1n) is 10.5. The maximum atomic E-state index is 13.1. The zero-order chi connectivity index (χ0) is 23.5. The Morgan fingerprint density at radius 1 is 1.15 bits per heavy atom. The van der Waals surface area contributed by atoms with Crippen molar-refractivity contribution in [3.63, 3.8) is 0 Å². The van der Waals surface area contributed by atoms with Gasteiger partial charge in [-0.2, -0.15) is 0 Å². The van der Waals surface area contributed by atoms with E-state index < -0.39 is 5.91 Å². The molecule has 172 valence electrons. The van der Waals surface area contributed by atoms with Gasteiger partial charge in [-0.3, -0.25) is 14.4 Å². The number of nitrogens with one attached hydrogen (secondary N) is 1. The van der Waals surface area contributed by atoms with E-state index in [1.807, 2.05) is 4.90 Å². The van der Waals surface area contributed by atoms with Crippen molar-refractivity contribution in [2.45, 2.75) is 32.1 Å². The van der Waals surface area contributed by atoms with Crippen LogP contribution in [0.4, 0.5) is 9.39 Å². The molecule has 0 unspecified atom stereocenters. The summed E-state index contributed by atoms with van der Waals surface area (Å²) in [7, 11) is 0. The number of hydrogen-bond acceptors (Lipinski definition) is 6. The summed E-state index contributed by atoms with van der Waals surface area (Å²) in [4.78, 5) is 43.2. The van der Waals surface area contributed by atoms with Crippen LogP contribution in [0.25, 0.3) is 0 Å². The van der Waals surface area contributed by atoms with E-state index in [1.54, 1.807) is 29.8 Å². The maximum Gasteiger partial charge on any atom is 0.275 e. The van der Waals surface area contributed by atoms with Crippen LogP contribution in [0.3, 0.4) is 0 Å². The minimum atomic E-state index is -0.580. The predicted octanol–water partition coefficient (Wildman–Crippen LogP) is 3.95. The van der Waals surface area contributed by atoms with Crippen molar-refractivity contribution >= 4 is 45.4 Å². The number of halogens is 1. The van der Waals surface area contributed by atoms with Crippen molar-refractivity contribution in [2.24, 2.45) is 5.73 Å². The molecule has 1 aromatic carbocycles. The van der Waals surface area contributed by atoms with Gasteiger partial charge in [0.15, 0.2) is 0 Å². The highest BCUT2D eigenvalue weighted by atomic mass is 32.1. The molecule has 0 saturated carbocycles. The fraction of sp³-hybridized carbons (Fsp3) is 0.304. The number of nitrogens with zero attached hydrogens (tertiary/aromatic N) is 2. The highest BCUT2D eigenvalue weighted by molar-refractivity contribution is 7.15. The van der Waals surface area contributed by atoms with Gasteiger partial charge in [0.25, 0.3) is 11.8 Å². The van der Waals surface area contributed by atoms with Gasteiger partial charge in [0, 0.05) is 24.4 Å². The lowest BCUT2D eigenvalue weighted by Gasteiger charge is -2.31. The Bertz CT molecular complexity index is 1180. The third kappa shape index (κ3) is 5.28. The van der Waals surface area contributed by atoms with E-state index >= 15 is 0 Å². The van der Waals surface area contributed by atoms with Gasteiger partial charge in [0.05, 0.1) is 17.0 Å². The van der Waals surface area contributed by atoms with Crippen molar-refractivity contribution in [3.8, 4) is 0 Å². The second kappa shape index (κ2) is 9.80. The first-order valence-corrected chi connectivity index (χ1v) is 12.2. The molecule has 1 aliphatic heterocycles. The third-order valence-corrected chi connectivity index (χ3v) is 7.69. The van der Waals surface area contributed by atoms with E-state index in [9.17, 15) is 18.8 Å². The quantitative estimate of drug-likeness (QED) is 0.550. The van der Waals surface area contributed by atoms with Gasteiger partial charge in [-0.05, 0) is 48.4 Å². The number of primary amides is 1. The Hall–Kier alpha value is -3.11. The number of aryl methyl sites for hydroxylation is 1. The van der Waals surface area contributed by atoms with Crippen molar-refractivity contribution in [1.29, 1.82) is 0 Å². The summed E-state index contributed by atoms with van der Waals surface area (Å²) >= 11 is 2.68. The summed E-state index contributed by atoms with van der Waals surface area (Å²) in [6, 6.07) is 5.98. The SMILES string of the molecule is Cc1csc(NC(=O)c2csc(C3CCN(C(=O)Cc4ccc(F)cc4)CC3)n2)c1C(N)=O. The average molecular weight is 487 g/mol. The first kappa shape index (κ1) is 23.1. The molecule has 0 aliphatic carbocycles. The number of nitrogens with two attached hydrogens (primary N) is 1. The van der Waals surface area contributed by atoms with Crippen LogP contribution in [-0.4, -0.2) is 40.7 Å². The third-order valence-electron chi connectivity index (χ3n) is 5.67. The summed E-state index contributed by atoms with van der Waals surface area (Å²) in [5.74, 6) is -1.08. The first-order chi connectivity index (χ1) is 15.8. The fourth-order valence-electron chi connectivity index (χ4n) is 3.85. The lowest BCUT2D eigenvalue weighted by atomic mass is 9.97. The van der Waals surface area contributed by atoms with E-state index in [0.29, 0.717) is 29.3 Å². The molecule has 1 saturated heterocycles. The molecule has 10 heteroatoms. The molecule has 1 fully saturated rings. The number of anilines is 1. The Morgan fingerprint density at radius 2 is 1.85 bits per heavy atom. The molecule has 2 aromatic heterocycles. The van der Waals surface area contributed by atoms with Gasteiger partial charge < -0.3 is 16.0 Å². The van der Waals surface area contributed by atoms with E-state index in [0.717, 1.165) is 29.0 Å². The summed E-state index contributed by atoms with van der Waals surface area (Å²) in [5, 5.41) is 7.51. The van der Waals surface area contributed by atoms with Crippen LogP contribution in [-0.2, 0) is 11.2 Å². The number of aromatic nitrogens is 1. The average Bonchev–Trinajstić information content (AvgIpc) is 3.42. The smallest absolute Gasteiger partial charge is 0.275 e. The number of thiazole rings is 1. The summed E-state index contributed by atoms with van der Waals surface area (Å²) in [6.07, 6.45) is 1.78.